The molecule has 1 aromatic heterocycles. The number of nitrogens with one attached hydrogen (secondary N) is 1. The highest BCUT2D eigenvalue weighted by atomic mass is 35.5. The van der Waals surface area contributed by atoms with Gasteiger partial charge in [-0.1, -0.05) is 11.6 Å². The number of hydrogen-bond donors (Lipinski definition) is 2. The maximum Gasteiger partial charge on any atom is 0.280 e. The van der Waals surface area contributed by atoms with Gasteiger partial charge in [-0.05, 0) is 18.9 Å². The van der Waals surface area contributed by atoms with Gasteiger partial charge in [-0.25, -0.2) is 13.2 Å². The number of aromatic amines is 1. The van der Waals surface area contributed by atoms with Gasteiger partial charge < -0.3 is 14.7 Å². The second kappa shape index (κ2) is 7.65. The Morgan fingerprint density at radius 3 is 2.81 bits per heavy atom. The molecule has 1 atom stereocenters. The lowest BCUT2D eigenvalue weighted by Gasteiger charge is -2.37. The number of halogens is 4. The van der Waals surface area contributed by atoms with E-state index in [0.29, 0.717) is 5.39 Å². The molecule has 0 spiro atoms. The molecule has 2 N–H and O–H groups in total. The number of benzene rings is 1. The van der Waals surface area contributed by atoms with Gasteiger partial charge in [0.05, 0.1) is 16.7 Å². The summed E-state index contributed by atoms with van der Waals surface area (Å²) in [6.45, 7) is 0.120. The predicted octanol–water partition coefficient (Wildman–Crippen LogP) is 2.91. The number of methoxy groups -OCH3 is 1. The molecule has 1 unspecified atom stereocenters. The Labute approximate surface area is 158 Å². The number of fused-ring (bicyclic) bond motifs is 1. The molecule has 1 aliphatic heterocycles. The molecular formula is C17H19ClF3N3O3. The number of alkyl halides is 2. The summed E-state index contributed by atoms with van der Waals surface area (Å²) in [6, 6.07) is 1.25. The molecule has 10 heteroatoms. The normalized spacial score (nSPS) is 17.5. The van der Waals surface area contributed by atoms with E-state index in [1.165, 1.54) is 24.3 Å². The van der Waals surface area contributed by atoms with Gasteiger partial charge in [-0.2, -0.15) is 5.10 Å². The Hall–Kier alpha value is -1.84. The van der Waals surface area contributed by atoms with Crippen LogP contribution in [0.25, 0.3) is 10.9 Å². The molecular weight excluding hydrogens is 387 g/mol. The lowest BCUT2D eigenvalue weighted by atomic mass is 9.84. The van der Waals surface area contributed by atoms with Gasteiger partial charge in [-0.15, -0.1) is 0 Å². The van der Waals surface area contributed by atoms with Crippen molar-refractivity contribution in [2.45, 2.75) is 24.9 Å². The number of likely N-dealkylation sites (tertiary alicyclic amines) is 1. The third-order valence-corrected chi connectivity index (χ3v) is 5.24. The zero-order valence-electron chi connectivity index (χ0n) is 14.5. The van der Waals surface area contributed by atoms with Crippen molar-refractivity contribution in [1.29, 1.82) is 0 Å². The molecule has 2 heterocycles. The fraction of sp³-hybridized carbons (Fsp3) is 0.529. The third kappa shape index (κ3) is 3.63. The number of nitrogens with zero attached hydrogens (tertiary/aromatic N) is 2. The predicted molar refractivity (Wildman–Crippen MR) is 92.1 cm³/mol. The molecule has 0 saturated carbocycles. The fourth-order valence-electron chi connectivity index (χ4n) is 3.46. The summed E-state index contributed by atoms with van der Waals surface area (Å²) in [5, 5.41) is 16.5. The Kier molecular flexibility index (Phi) is 5.64. The van der Waals surface area contributed by atoms with Crippen molar-refractivity contribution in [3.8, 4) is 0 Å². The smallest absolute Gasteiger partial charge is 0.280 e. The lowest BCUT2D eigenvalue weighted by Crippen LogP contribution is -2.46. The molecule has 1 saturated heterocycles. The number of hydrogen-bond acceptors (Lipinski definition) is 4. The number of piperidine rings is 1. The monoisotopic (exact) mass is 405 g/mol. The number of rotatable bonds is 5. The van der Waals surface area contributed by atoms with Crippen molar-refractivity contribution in [2.75, 3.05) is 26.8 Å². The molecule has 1 aliphatic rings. The number of aromatic nitrogens is 2. The van der Waals surface area contributed by atoms with E-state index in [4.69, 9.17) is 16.3 Å². The van der Waals surface area contributed by atoms with Crippen LogP contribution in [0, 0.1) is 11.7 Å². The van der Waals surface area contributed by atoms with Crippen molar-refractivity contribution < 1.29 is 27.8 Å². The maximum absolute atomic E-state index is 15.0. The van der Waals surface area contributed by atoms with Gasteiger partial charge in [0.15, 0.2) is 0 Å². The van der Waals surface area contributed by atoms with Crippen LogP contribution in [0.2, 0.25) is 5.02 Å². The van der Waals surface area contributed by atoms with Crippen LogP contribution in [0.1, 0.15) is 24.5 Å². The average Bonchev–Trinajstić information content (AvgIpc) is 3.10. The van der Waals surface area contributed by atoms with E-state index in [1.54, 1.807) is 0 Å². The van der Waals surface area contributed by atoms with Crippen molar-refractivity contribution in [1.82, 2.24) is 15.1 Å². The largest absolute Gasteiger partial charge is 0.382 e. The van der Waals surface area contributed by atoms with E-state index in [-0.39, 0.29) is 49.0 Å². The topological polar surface area (TPSA) is 78.4 Å². The first-order valence-electron chi connectivity index (χ1n) is 8.41. The molecule has 1 fully saturated rings. The molecule has 148 valence electrons. The Bertz CT molecular complexity index is 837. The standard InChI is InChI=1S/C17H19ClF3N3O3/c1-27-8-12(25)24-4-2-10(3-5-24)17(20,21)16(26)13-14(19)11(18)6-9-7-22-23-15(9)13/h6-7,10,16,26H,2-5,8H2,1H3,(H,22,23). The fourth-order valence-corrected chi connectivity index (χ4v) is 3.68. The molecule has 27 heavy (non-hydrogen) atoms. The first-order chi connectivity index (χ1) is 12.8. The minimum Gasteiger partial charge on any atom is -0.382 e. The third-order valence-electron chi connectivity index (χ3n) is 4.96. The number of H-pyrrole nitrogens is 1. The lowest BCUT2D eigenvalue weighted by molar-refractivity contribution is -0.165. The summed E-state index contributed by atoms with van der Waals surface area (Å²) in [7, 11) is 1.38. The first-order valence-corrected chi connectivity index (χ1v) is 8.78. The van der Waals surface area contributed by atoms with Crippen molar-refractivity contribution >= 4 is 28.4 Å². The van der Waals surface area contributed by atoms with Crippen LogP contribution in [-0.2, 0) is 9.53 Å². The Balaban J connectivity index is 1.83. The minimum absolute atomic E-state index is 0.0169. The van der Waals surface area contributed by atoms with Gasteiger partial charge in [0.2, 0.25) is 5.91 Å². The molecule has 1 aromatic carbocycles. The zero-order chi connectivity index (χ0) is 19.8. The van der Waals surface area contributed by atoms with E-state index in [9.17, 15) is 23.1 Å². The SMILES string of the molecule is COCC(=O)N1CCC(C(F)(F)C(O)c2c(F)c(Cl)cc3cn[nH]c23)CC1. The number of amides is 1. The highest BCUT2D eigenvalue weighted by Gasteiger charge is 2.49. The van der Waals surface area contributed by atoms with E-state index < -0.39 is 29.3 Å². The summed E-state index contributed by atoms with van der Waals surface area (Å²) in [4.78, 5) is 13.2. The van der Waals surface area contributed by atoms with Crippen LogP contribution in [0.15, 0.2) is 12.3 Å². The highest BCUT2D eigenvalue weighted by Crippen LogP contribution is 2.45. The summed E-state index contributed by atoms with van der Waals surface area (Å²) in [5.74, 6) is -6.21. The van der Waals surface area contributed by atoms with Gasteiger partial charge in [-0.3, -0.25) is 9.89 Å². The number of carbonyl (C=O) groups is 1. The molecule has 2 aromatic rings. The van der Waals surface area contributed by atoms with Crippen LogP contribution < -0.4 is 0 Å². The van der Waals surface area contributed by atoms with Crippen molar-refractivity contribution in [3.05, 3.63) is 28.7 Å². The molecule has 1 amide bonds. The average molecular weight is 406 g/mol. The maximum atomic E-state index is 15.0. The zero-order valence-corrected chi connectivity index (χ0v) is 15.3. The van der Waals surface area contributed by atoms with E-state index in [2.05, 4.69) is 10.2 Å². The van der Waals surface area contributed by atoms with Crippen molar-refractivity contribution in [2.24, 2.45) is 5.92 Å². The number of aliphatic hydroxyl groups is 1. The summed E-state index contributed by atoms with van der Waals surface area (Å²) in [5.41, 5.74) is -0.616. The summed E-state index contributed by atoms with van der Waals surface area (Å²) in [6.07, 6.45) is -1.12. The quantitative estimate of drug-likeness (QED) is 0.801. The van der Waals surface area contributed by atoms with Crippen LogP contribution in [0.5, 0.6) is 0 Å². The molecule has 0 aliphatic carbocycles. The molecule has 0 bridgehead atoms. The highest BCUT2D eigenvalue weighted by molar-refractivity contribution is 6.31. The van der Waals surface area contributed by atoms with Gasteiger partial charge in [0.1, 0.15) is 18.5 Å². The molecule has 3 rings (SSSR count). The Morgan fingerprint density at radius 1 is 1.52 bits per heavy atom. The number of ether oxygens (including phenoxy) is 1. The Morgan fingerprint density at radius 2 is 2.19 bits per heavy atom. The van der Waals surface area contributed by atoms with Gasteiger partial charge in [0.25, 0.3) is 5.92 Å². The summed E-state index contributed by atoms with van der Waals surface area (Å²) < 4.78 is 49.2. The van der Waals surface area contributed by atoms with Crippen molar-refractivity contribution in [3.63, 3.8) is 0 Å². The van der Waals surface area contributed by atoms with Crippen LogP contribution >= 0.6 is 11.6 Å². The van der Waals surface area contributed by atoms with Crippen LogP contribution in [-0.4, -0.2) is 58.8 Å². The van der Waals surface area contributed by atoms with Crippen LogP contribution in [0.3, 0.4) is 0 Å². The summed E-state index contributed by atoms with van der Waals surface area (Å²) >= 11 is 5.78. The van der Waals surface area contributed by atoms with E-state index in [0.717, 1.165) is 0 Å². The van der Waals surface area contributed by atoms with Crippen LogP contribution in [0.4, 0.5) is 13.2 Å². The van der Waals surface area contributed by atoms with Gasteiger partial charge >= 0.3 is 0 Å². The second-order valence-electron chi connectivity index (χ2n) is 6.59. The number of carbonyl (C=O) groups excluding carboxylic acids is 1. The van der Waals surface area contributed by atoms with E-state index >= 15 is 0 Å². The van der Waals surface area contributed by atoms with E-state index in [1.807, 2.05) is 0 Å². The molecule has 0 radical (unpaired) electrons. The second-order valence-corrected chi connectivity index (χ2v) is 6.99. The minimum atomic E-state index is -3.61. The van der Waals surface area contributed by atoms with Gasteiger partial charge in [0, 0.05) is 37.1 Å². The first kappa shape index (κ1) is 19.9. The molecule has 6 nitrogen and oxygen atoms in total. The number of aliphatic hydroxyl groups excluding tert-OH is 1.